The van der Waals surface area contributed by atoms with Gasteiger partial charge in [0.05, 0.1) is 12.7 Å². The Hall–Kier alpha value is -0.160. The van der Waals surface area contributed by atoms with E-state index in [0.29, 0.717) is 0 Å². The fourth-order valence-electron chi connectivity index (χ4n) is 1.49. The second-order valence-corrected chi connectivity index (χ2v) is 3.92. The number of nitrogens with one attached hydrogen (secondary N) is 1. The first kappa shape index (κ1) is 11.9. The summed E-state index contributed by atoms with van der Waals surface area (Å²) in [7, 11) is 1.64. The van der Waals surface area contributed by atoms with E-state index in [2.05, 4.69) is 12.2 Å². The van der Waals surface area contributed by atoms with Crippen molar-refractivity contribution in [3.05, 3.63) is 0 Å². The van der Waals surface area contributed by atoms with Crippen LogP contribution in [0.15, 0.2) is 0 Å². The van der Waals surface area contributed by atoms with Crippen LogP contribution in [0.25, 0.3) is 0 Å². The molecule has 0 saturated carbocycles. The summed E-state index contributed by atoms with van der Waals surface area (Å²) in [6.45, 7) is 8.45. The normalized spacial score (nSPS) is 32.6. The molecule has 84 valence electrons. The molecule has 0 amide bonds. The van der Waals surface area contributed by atoms with Gasteiger partial charge in [-0.3, -0.25) is 0 Å². The van der Waals surface area contributed by atoms with Gasteiger partial charge in [0.1, 0.15) is 5.60 Å². The van der Waals surface area contributed by atoms with Crippen LogP contribution in [-0.2, 0) is 14.2 Å². The number of ether oxygens (including phenoxy) is 3. The lowest BCUT2D eigenvalue weighted by Gasteiger charge is -2.39. The van der Waals surface area contributed by atoms with Crippen molar-refractivity contribution in [1.29, 1.82) is 0 Å². The van der Waals surface area contributed by atoms with Gasteiger partial charge in [-0.25, -0.2) is 0 Å². The Kier molecular flexibility index (Phi) is 4.31. The van der Waals surface area contributed by atoms with Gasteiger partial charge in [0.25, 0.3) is 0 Å². The van der Waals surface area contributed by atoms with Crippen molar-refractivity contribution in [2.24, 2.45) is 0 Å². The lowest BCUT2D eigenvalue weighted by molar-refractivity contribution is -0.207. The van der Waals surface area contributed by atoms with Gasteiger partial charge in [0.2, 0.25) is 0 Å². The van der Waals surface area contributed by atoms with Crippen LogP contribution >= 0.6 is 0 Å². The SMILES string of the molecule is COC(C)OC(C)C1(C)CNCCO1. The molecule has 14 heavy (non-hydrogen) atoms. The third kappa shape index (κ3) is 2.92. The highest BCUT2D eigenvalue weighted by Crippen LogP contribution is 2.21. The van der Waals surface area contributed by atoms with Crippen LogP contribution in [0, 0.1) is 0 Å². The van der Waals surface area contributed by atoms with Crippen LogP contribution in [0.4, 0.5) is 0 Å². The van der Waals surface area contributed by atoms with Crippen molar-refractivity contribution in [3.63, 3.8) is 0 Å². The monoisotopic (exact) mass is 203 g/mol. The smallest absolute Gasteiger partial charge is 0.154 e. The first-order valence-corrected chi connectivity index (χ1v) is 5.11. The van der Waals surface area contributed by atoms with E-state index < -0.39 is 0 Å². The highest BCUT2D eigenvalue weighted by atomic mass is 16.7. The number of morpholine rings is 1. The first-order valence-electron chi connectivity index (χ1n) is 5.11. The van der Waals surface area contributed by atoms with Gasteiger partial charge in [-0.05, 0) is 20.8 Å². The Morgan fingerprint density at radius 3 is 2.64 bits per heavy atom. The van der Waals surface area contributed by atoms with Crippen LogP contribution in [0.2, 0.25) is 0 Å². The van der Waals surface area contributed by atoms with Crippen molar-refractivity contribution in [2.45, 2.75) is 38.8 Å². The molecule has 0 aromatic carbocycles. The molecule has 0 aliphatic carbocycles. The number of hydrogen-bond acceptors (Lipinski definition) is 4. The number of rotatable bonds is 4. The van der Waals surface area contributed by atoms with Crippen LogP contribution in [0.1, 0.15) is 20.8 Å². The van der Waals surface area contributed by atoms with Crippen molar-refractivity contribution in [1.82, 2.24) is 5.32 Å². The highest BCUT2D eigenvalue weighted by molar-refractivity contribution is 4.87. The minimum Gasteiger partial charge on any atom is -0.370 e. The third-order valence-corrected chi connectivity index (χ3v) is 2.77. The van der Waals surface area contributed by atoms with Crippen molar-refractivity contribution in [2.75, 3.05) is 26.8 Å². The van der Waals surface area contributed by atoms with E-state index in [0.717, 1.165) is 19.7 Å². The zero-order valence-corrected chi connectivity index (χ0v) is 9.50. The first-order chi connectivity index (χ1) is 6.58. The Morgan fingerprint density at radius 2 is 2.14 bits per heavy atom. The van der Waals surface area contributed by atoms with Gasteiger partial charge < -0.3 is 19.5 Å². The molecule has 1 rings (SSSR count). The molecular weight excluding hydrogens is 182 g/mol. The molecule has 3 unspecified atom stereocenters. The van der Waals surface area contributed by atoms with E-state index in [4.69, 9.17) is 14.2 Å². The average molecular weight is 203 g/mol. The number of methoxy groups -OCH3 is 1. The fourth-order valence-corrected chi connectivity index (χ4v) is 1.49. The molecule has 1 N–H and O–H groups in total. The maximum atomic E-state index is 5.73. The lowest BCUT2D eigenvalue weighted by atomic mass is 9.99. The van der Waals surface area contributed by atoms with E-state index in [-0.39, 0.29) is 18.0 Å². The largest absolute Gasteiger partial charge is 0.370 e. The minimum atomic E-state index is -0.245. The zero-order chi connectivity index (χ0) is 10.6. The molecule has 0 aromatic rings. The number of hydrogen-bond donors (Lipinski definition) is 1. The maximum Gasteiger partial charge on any atom is 0.154 e. The Bertz CT molecular complexity index is 169. The van der Waals surface area contributed by atoms with Crippen LogP contribution < -0.4 is 5.32 Å². The summed E-state index contributed by atoms with van der Waals surface area (Å²) in [5.41, 5.74) is -0.245. The summed E-state index contributed by atoms with van der Waals surface area (Å²) in [5.74, 6) is 0. The van der Waals surface area contributed by atoms with E-state index in [1.54, 1.807) is 7.11 Å². The predicted octanol–water partition coefficient (Wildman–Crippen LogP) is 0.762. The molecule has 4 heteroatoms. The fraction of sp³-hybridized carbons (Fsp3) is 1.00. The van der Waals surface area contributed by atoms with Gasteiger partial charge >= 0.3 is 0 Å². The maximum absolute atomic E-state index is 5.73. The van der Waals surface area contributed by atoms with E-state index in [1.807, 2.05) is 13.8 Å². The minimum absolute atomic E-state index is 0.0187. The molecule has 1 aliphatic heterocycles. The molecule has 4 nitrogen and oxygen atoms in total. The molecule has 0 radical (unpaired) electrons. The van der Waals surface area contributed by atoms with Crippen molar-refractivity contribution in [3.8, 4) is 0 Å². The summed E-state index contributed by atoms with van der Waals surface area (Å²) in [6.07, 6.45) is -0.169. The highest BCUT2D eigenvalue weighted by Gasteiger charge is 2.35. The topological polar surface area (TPSA) is 39.7 Å². The quantitative estimate of drug-likeness (QED) is 0.685. The molecule has 1 fully saturated rings. The molecule has 0 spiro atoms. The van der Waals surface area contributed by atoms with Gasteiger partial charge in [-0.2, -0.15) is 0 Å². The van der Waals surface area contributed by atoms with Crippen LogP contribution in [-0.4, -0.2) is 44.8 Å². The molecule has 1 aliphatic rings. The van der Waals surface area contributed by atoms with E-state index in [1.165, 1.54) is 0 Å². The van der Waals surface area contributed by atoms with Gasteiger partial charge in [0.15, 0.2) is 6.29 Å². The lowest BCUT2D eigenvalue weighted by Crippen LogP contribution is -2.55. The summed E-state index contributed by atoms with van der Waals surface area (Å²) < 4.78 is 16.4. The second kappa shape index (κ2) is 5.07. The Morgan fingerprint density at radius 1 is 1.43 bits per heavy atom. The van der Waals surface area contributed by atoms with Gasteiger partial charge in [-0.1, -0.05) is 0 Å². The standard InChI is InChI=1S/C10H21NO3/c1-8(14-9(2)12-4)10(3)7-11-5-6-13-10/h8-9,11H,5-7H2,1-4H3. The summed E-state index contributed by atoms with van der Waals surface area (Å²) in [5, 5.41) is 3.30. The Balaban J connectivity index is 2.44. The summed E-state index contributed by atoms with van der Waals surface area (Å²) in [4.78, 5) is 0. The van der Waals surface area contributed by atoms with Crippen LogP contribution in [0.5, 0.6) is 0 Å². The zero-order valence-electron chi connectivity index (χ0n) is 9.50. The molecule has 1 heterocycles. The van der Waals surface area contributed by atoms with Gasteiger partial charge in [-0.15, -0.1) is 0 Å². The molecular formula is C10H21NO3. The van der Waals surface area contributed by atoms with Crippen LogP contribution in [0.3, 0.4) is 0 Å². The molecule has 3 atom stereocenters. The third-order valence-electron chi connectivity index (χ3n) is 2.77. The van der Waals surface area contributed by atoms with Crippen molar-refractivity contribution >= 4 is 0 Å². The Labute approximate surface area is 85.9 Å². The second-order valence-electron chi connectivity index (χ2n) is 3.92. The molecule has 0 bridgehead atoms. The van der Waals surface area contributed by atoms with E-state index in [9.17, 15) is 0 Å². The summed E-state index contributed by atoms with van der Waals surface area (Å²) >= 11 is 0. The average Bonchev–Trinajstić information content (AvgIpc) is 2.18. The molecule has 0 aromatic heterocycles. The summed E-state index contributed by atoms with van der Waals surface area (Å²) in [6, 6.07) is 0. The molecule has 1 saturated heterocycles. The predicted molar refractivity (Wildman–Crippen MR) is 54.2 cm³/mol. The van der Waals surface area contributed by atoms with E-state index >= 15 is 0 Å². The van der Waals surface area contributed by atoms with Crippen molar-refractivity contribution < 1.29 is 14.2 Å². The van der Waals surface area contributed by atoms with Gasteiger partial charge in [0, 0.05) is 20.2 Å².